The zero-order valence-corrected chi connectivity index (χ0v) is 12.8. The summed E-state index contributed by atoms with van der Waals surface area (Å²) >= 11 is 0. The van der Waals surface area contributed by atoms with Gasteiger partial charge in [-0.3, -0.25) is 9.69 Å². The third-order valence-electron chi connectivity index (χ3n) is 4.16. The first kappa shape index (κ1) is 13.6. The number of hydrogen-bond acceptors (Lipinski definition) is 1. The Morgan fingerprint density at radius 3 is 2.35 bits per heavy atom. The third kappa shape index (κ3) is 2.18. The number of anilines is 2. The molecule has 1 aliphatic rings. The van der Waals surface area contributed by atoms with Gasteiger partial charge in [0.2, 0.25) is 0 Å². The molecule has 0 fully saturated rings. The average molecular weight is 300 g/mol. The number of aromatic nitrogens is 1. The first-order valence-corrected chi connectivity index (χ1v) is 7.57. The van der Waals surface area contributed by atoms with Gasteiger partial charge < -0.3 is 4.57 Å². The van der Waals surface area contributed by atoms with Crippen LogP contribution in [0.2, 0.25) is 0 Å². The molecular weight excluding hydrogens is 284 g/mol. The van der Waals surface area contributed by atoms with Crippen LogP contribution >= 0.6 is 0 Å². The van der Waals surface area contributed by atoms with Crippen molar-refractivity contribution in [3.05, 3.63) is 84.2 Å². The molecule has 1 aromatic heterocycles. The molecule has 2 heterocycles. The van der Waals surface area contributed by atoms with E-state index >= 15 is 0 Å². The summed E-state index contributed by atoms with van der Waals surface area (Å²) in [6.07, 6.45) is 3.94. The Kier molecular flexibility index (Phi) is 3.12. The molecule has 0 unspecified atom stereocenters. The van der Waals surface area contributed by atoms with E-state index in [-0.39, 0.29) is 5.91 Å². The number of amides is 1. The molecule has 2 aromatic carbocycles. The fourth-order valence-corrected chi connectivity index (χ4v) is 2.99. The van der Waals surface area contributed by atoms with Crippen LogP contribution in [-0.2, 0) is 11.8 Å². The van der Waals surface area contributed by atoms with Gasteiger partial charge in [0.25, 0.3) is 5.91 Å². The van der Waals surface area contributed by atoms with Crippen molar-refractivity contribution in [1.29, 1.82) is 0 Å². The second-order valence-corrected chi connectivity index (χ2v) is 5.60. The van der Waals surface area contributed by atoms with Crippen LogP contribution in [-0.4, -0.2) is 10.5 Å². The number of nitrogens with zero attached hydrogens (tertiary/aromatic N) is 2. The van der Waals surface area contributed by atoms with Crippen LogP contribution in [0.5, 0.6) is 0 Å². The quantitative estimate of drug-likeness (QED) is 0.650. The Hall–Kier alpha value is -3.07. The average Bonchev–Trinajstić information content (AvgIpc) is 3.11. The van der Waals surface area contributed by atoms with E-state index in [2.05, 4.69) is 0 Å². The number of para-hydroxylation sites is 2. The summed E-state index contributed by atoms with van der Waals surface area (Å²) < 4.78 is 2.01. The number of rotatable bonds is 2. The normalized spacial score (nSPS) is 15.3. The summed E-state index contributed by atoms with van der Waals surface area (Å²) in [6.45, 7) is 0. The lowest BCUT2D eigenvalue weighted by molar-refractivity contribution is -0.112. The number of benzene rings is 2. The Balaban J connectivity index is 1.89. The van der Waals surface area contributed by atoms with Crippen LogP contribution in [0.1, 0.15) is 11.3 Å². The van der Waals surface area contributed by atoms with Gasteiger partial charge in [-0.1, -0.05) is 36.4 Å². The first-order chi connectivity index (χ1) is 11.3. The highest BCUT2D eigenvalue weighted by atomic mass is 16.2. The zero-order valence-electron chi connectivity index (χ0n) is 12.8. The SMILES string of the molecule is Cn1cccc1/C=C1/C(=O)N(c2ccccc2)c2ccccc21. The molecule has 3 aromatic rings. The monoisotopic (exact) mass is 300 g/mol. The second-order valence-electron chi connectivity index (χ2n) is 5.60. The van der Waals surface area contributed by atoms with E-state index in [9.17, 15) is 4.79 Å². The molecule has 1 amide bonds. The van der Waals surface area contributed by atoms with E-state index in [1.54, 1.807) is 4.90 Å². The maximum atomic E-state index is 13.0. The van der Waals surface area contributed by atoms with Gasteiger partial charge in [-0.2, -0.15) is 0 Å². The maximum absolute atomic E-state index is 13.0. The molecule has 0 saturated carbocycles. The van der Waals surface area contributed by atoms with E-state index in [0.717, 1.165) is 28.2 Å². The Morgan fingerprint density at radius 2 is 1.61 bits per heavy atom. The summed E-state index contributed by atoms with van der Waals surface area (Å²) in [5.41, 5.74) is 4.54. The fourth-order valence-electron chi connectivity index (χ4n) is 2.99. The molecule has 3 nitrogen and oxygen atoms in total. The van der Waals surface area contributed by atoms with Gasteiger partial charge in [0.15, 0.2) is 0 Å². The number of carbonyl (C=O) groups is 1. The minimum atomic E-state index is 0.0126. The molecule has 0 radical (unpaired) electrons. The molecule has 0 atom stereocenters. The van der Waals surface area contributed by atoms with Gasteiger partial charge in [-0.15, -0.1) is 0 Å². The molecule has 0 aliphatic carbocycles. The molecule has 0 N–H and O–H groups in total. The third-order valence-corrected chi connectivity index (χ3v) is 4.16. The van der Waals surface area contributed by atoms with Gasteiger partial charge in [0, 0.05) is 30.2 Å². The molecule has 3 heteroatoms. The minimum absolute atomic E-state index is 0.0126. The van der Waals surface area contributed by atoms with Crippen molar-refractivity contribution in [2.24, 2.45) is 7.05 Å². The van der Waals surface area contributed by atoms with Crippen LogP contribution in [0, 0.1) is 0 Å². The van der Waals surface area contributed by atoms with Crippen molar-refractivity contribution >= 4 is 28.9 Å². The van der Waals surface area contributed by atoms with Gasteiger partial charge >= 0.3 is 0 Å². The minimum Gasteiger partial charge on any atom is -0.351 e. The van der Waals surface area contributed by atoms with Crippen LogP contribution in [0.25, 0.3) is 11.6 Å². The predicted octanol–water partition coefficient (Wildman–Crippen LogP) is 4.24. The van der Waals surface area contributed by atoms with Crippen LogP contribution in [0.15, 0.2) is 72.9 Å². The topological polar surface area (TPSA) is 25.2 Å². The predicted molar refractivity (Wildman–Crippen MR) is 93.3 cm³/mol. The van der Waals surface area contributed by atoms with Crippen LogP contribution < -0.4 is 4.90 Å². The standard InChI is InChI=1S/C20H16N2O/c1-21-13-7-10-16(21)14-18-17-11-5-6-12-19(17)22(20(18)23)15-8-3-2-4-9-15/h2-14H,1H3/b18-14+. The molecule has 112 valence electrons. The van der Waals surface area contributed by atoms with Gasteiger partial charge in [-0.05, 0) is 36.4 Å². The Bertz CT molecular complexity index is 906. The summed E-state index contributed by atoms with van der Waals surface area (Å²) in [7, 11) is 1.98. The van der Waals surface area contributed by atoms with Gasteiger partial charge in [0.1, 0.15) is 0 Å². The molecular formula is C20H16N2O. The van der Waals surface area contributed by atoms with Gasteiger partial charge in [-0.25, -0.2) is 0 Å². The molecule has 0 saturated heterocycles. The Labute approximate surface area is 135 Å². The van der Waals surface area contributed by atoms with Crippen molar-refractivity contribution in [2.45, 2.75) is 0 Å². The molecule has 1 aliphatic heterocycles. The Morgan fingerprint density at radius 1 is 0.870 bits per heavy atom. The molecule has 0 bridgehead atoms. The highest BCUT2D eigenvalue weighted by molar-refractivity contribution is 6.37. The summed E-state index contributed by atoms with van der Waals surface area (Å²) in [6, 6.07) is 21.7. The molecule has 0 spiro atoms. The van der Waals surface area contributed by atoms with E-state index < -0.39 is 0 Å². The lowest BCUT2D eigenvalue weighted by Gasteiger charge is -2.16. The van der Waals surface area contributed by atoms with E-state index in [4.69, 9.17) is 0 Å². The highest BCUT2D eigenvalue weighted by Crippen LogP contribution is 2.41. The summed E-state index contributed by atoms with van der Waals surface area (Å²) in [5.74, 6) is 0.0126. The smallest absolute Gasteiger partial charge is 0.263 e. The molecule has 4 rings (SSSR count). The lowest BCUT2D eigenvalue weighted by Crippen LogP contribution is -2.20. The lowest BCUT2D eigenvalue weighted by atomic mass is 10.1. The van der Waals surface area contributed by atoms with Gasteiger partial charge in [0.05, 0.1) is 11.3 Å². The second kappa shape index (κ2) is 5.29. The fraction of sp³-hybridized carbons (Fsp3) is 0.0500. The number of carbonyl (C=O) groups excluding carboxylic acids is 1. The number of aryl methyl sites for hydroxylation is 1. The van der Waals surface area contributed by atoms with E-state index in [0.29, 0.717) is 0 Å². The van der Waals surface area contributed by atoms with Crippen molar-refractivity contribution < 1.29 is 4.79 Å². The highest BCUT2D eigenvalue weighted by Gasteiger charge is 2.33. The van der Waals surface area contributed by atoms with Crippen molar-refractivity contribution in [3.63, 3.8) is 0 Å². The first-order valence-electron chi connectivity index (χ1n) is 7.57. The molecule has 23 heavy (non-hydrogen) atoms. The maximum Gasteiger partial charge on any atom is 0.263 e. The van der Waals surface area contributed by atoms with Crippen LogP contribution in [0.3, 0.4) is 0 Å². The van der Waals surface area contributed by atoms with Crippen molar-refractivity contribution in [1.82, 2.24) is 4.57 Å². The van der Waals surface area contributed by atoms with E-state index in [1.807, 2.05) is 90.6 Å². The largest absolute Gasteiger partial charge is 0.351 e. The summed E-state index contributed by atoms with van der Waals surface area (Å²) in [4.78, 5) is 14.8. The number of hydrogen-bond donors (Lipinski definition) is 0. The summed E-state index contributed by atoms with van der Waals surface area (Å²) in [5, 5.41) is 0. The number of fused-ring (bicyclic) bond motifs is 1. The van der Waals surface area contributed by atoms with Crippen molar-refractivity contribution in [2.75, 3.05) is 4.90 Å². The van der Waals surface area contributed by atoms with E-state index in [1.165, 1.54) is 0 Å². The van der Waals surface area contributed by atoms with Crippen molar-refractivity contribution in [3.8, 4) is 0 Å². The van der Waals surface area contributed by atoms with Crippen LogP contribution in [0.4, 0.5) is 11.4 Å². The zero-order chi connectivity index (χ0) is 15.8.